The molecule has 2 aromatic carbocycles. The van der Waals surface area contributed by atoms with Crippen LogP contribution >= 0.6 is 15.9 Å². The number of aliphatic hydroxyl groups is 1. The molecule has 0 aliphatic rings. The standard InChI is InChI=1S/C18H16BrFN2O2/c1-24-15-4-2-3-13(9-15)17(23)11-22-10-16(19)18(21-22)12-5-7-14(20)8-6-12/h2-10,17,23H,11H2,1H3/t17-/m0/s1. The van der Waals surface area contributed by atoms with E-state index in [1.54, 1.807) is 36.2 Å². The van der Waals surface area contributed by atoms with Crippen LogP contribution in [0, 0.1) is 5.82 Å². The van der Waals surface area contributed by atoms with Gasteiger partial charge in [0.2, 0.25) is 0 Å². The number of hydrogen-bond acceptors (Lipinski definition) is 3. The first kappa shape index (κ1) is 16.7. The van der Waals surface area contributed by atoms with Crippen molar-refractivity contribution in [2.24, 2.45) is 0 Å². The fourth-order valence-electron chi connectivity index (χ4n) is 2.43. The molecule has 0 fully saturated rings. The quantitative estimate of drug-likeness (QED) is 0.710. The van der Waals surface area contributed by atoms with Crippen LogP contribution in [0.25, 0.3) is 11.3 Å². The number of nitrogens with zero attached hydrogens (tertiary/aromatic N) is 2. The van der Waals surface area contributed by atoms with E-state index in [1.165, 1.54) is 12.1 Å². The highest BCUT2D eigenvalue weighted by molar-refractivity contribution is 9.10. The topological polar surface area (TPSA) is 47.3 Å². The van der Waals surface area contributed by atoms with E-state index in [0.29, 0.717) is 18.0 Å². The largest absolute Gasteiger partial charge is 0.497 e. The first-order chi connectivity index (χ1) is 11.6. The summed E-state index contributed by atoms with van der Waals surface area (Å²) in [6.07, 6.45) is 1.08. The first-order valence-electron chi connectivity index (χ1n) is 7.37. The van der Waals surface area contributed by atoms with E-state index in [4.69, 9.17) is 4.74 Å². The van der Waals surface area contributed by atoms with Crippen LogP contribution in [-0.2, 0) is 6.54 Å². The van der Waals surface area contributed by atoms with E-state index >= 15 is 0 Å². The van der Waals surface area contributed by atoms with Crippen LogP contribution in [0.3, 0.4) is 0 Å². The smallest absolute Gasteiger partial charge is 0.123 e. The average molecular weight is 391 g/mol. The monoisotopic (exact) mass is 390 g/mol. The van der Waals surface area contributed by atoms with Gasteiger partial charge < -0.3 is 9.84 Å². The third-order valence-corrected chi connectivity index (χ3v) is 4.25. The summed E-state index contributed by atoms with van der Waals surface area (Å²) in [4.78, 5) is 0. The number of aromatic nitrogens is 2. The molecule has 0 radical (unpaired) electrons. The van der Waals surface area contributed by atoms with E-state index in [2.05, 4.69) is 21.0 Å². The molecule has 0 unspecified atom stereocenters. The van der Waals surface area contributed by atoms with Crippen molar-refractivity contribution < 1.29 is 14.2 Å². The summed E-state index contributed by atoms with van der Waals surface area (Å²) >= 11 is 3.46. The molecule has 0 saturated carbocycles. The number of rotatable bonds is 5. The minimum Gasteiger partial charge on any atom is -0.497 e. The van der Waals surface area contributed by atoms with Gasteiger partial charge in [0.05, 0.1) is 24.2 Å². The van der Waals surface area contributed by atoms with Crippen LogP contribution in [0.4, 0.5) is 4.39 Å². The van der Waals surface area contributed by atoms with Crippen LogP contribution in [-0.4, -0.2) is 22.0 Å². The van der Waals surface area contributed by atoms with Crippen molar-refractivity contribution in [3.8, 4) is 17.0 Å². The van der Waals surface area contributed by atoms with E-state index in [-0.39, 0.29) is 5.82 Å². The van der Waals surface area contributed by atoms with Gasteiger partial charge in [-0.05, 0) is 57.9 Å². The molecule has 0 aliphatic heterocycles. The Kier molecular flexibility index (Phi) is 4.97. The Balaban J connectivity index is 1.80. The van der Waals surface area contributed by atoms with Crippen LogP contribution in [0.5, 0.6) is 5.75 Å². The lowest BCUT2D eigenvalue weighted by molar-refractivity contribution is 0.151. The van der Waals surface area contributed by atoms with Gasteiger partial charge in [-0.1, -0.05) is 12.1 Å². The molecule has 3 aromatic rings. The van der Waals surface area contributed by atoms with Gasteiger partial charge in [0.1, 0.15) is 17.3 Å². The van der Waals surface area contributed by atoms with Crippen molar-refractivity contribution in [1.82, 2.24) is 9.78 Å². The second-order valence-electron chi connectivity index (χ2n) is 5.35. The Morgan fingerprint density at radius 1 is 1.25 bits per heavy atom. The summed E-state index contributed by atoms with van der Waals surface area (Å²) in [5, 5.41) is 14.9. The second kappa shape index (κ2) is 7.15. The zero-order chi connectivity index (χ0) is 17.1. The molecule has 1 N–H and O–H groups in total. The lowest BCUT2D eigenvalue weighted by atomic mass is 10.1. The Morgan fingerprint density at radius 2 is 2.00 bits per heavy atom. The molecule has 1 atom stereocenters. The maximum atomic E-state index is 13.0. The number of hydrogen-bond donors (Lipinski definition) is 1. The third kappa shape index (κ3) is 3.66. The highest BCUT2D eigenvalue weighted by Gasteiger charge is 2.14. The SMILES string of the molecule is COc1cccc([C@@H](O)Cn2cc(Br)c(-c3ccc(F)cc3)n2)c1. The van der Waals surface area contributed by atoms with Gasteiger partial charge in [0.15, 0.2) is 0 Å². The number of methoxy groups -OCH3 is 1. The molecule has 0 aliphatic carbocycles. The lowest BCUT2D eigenvalue weighted by Gasteiger charge is -2.12. The van der Waals surface area contributed by atoms with Gasteiger partial charge in [-0.3, -0.25) is 4.68 Å². The molecule has 0 spiro atoms. The van der Waals surface area contributed by atoms with E-state index in [1.807, 2.05) is 18.2 Å². The third-order valence-electron chi connectivity index (χ3n) is 3.67. The molecule has 1 heterocycles. The van der Waals surface area contributed by atoms with Crippen molar-refractivity contribution in [3.63, 3.8) is 0 Å². The van der Waals surface area contributed by atoms with Gasteiger partial charge in [-0.2, -0.15) is 5.10 Å². The van der Waals surface area contributed by atoms with Gasteiger partial charge >= 0.3 is 0 Å². The molecule has 1 aromatic heterocycles. The van der Waals surface area contributed by atoms with Gasteiger partial charge in [-0.25, -0.2) is 4.39 Å². The van der Waals surface area contributed by atoms with E-state index in [9.17, 15) is 9.50 Å². The summed E-state index contributed by atoms with van der Waals surface area (Å²) in [5.41, 5.74) is 2.26. The van der Waals surface area contributed by atoms with Gasteiger partial charge in [0.25, 0.3) is 0 Å². The normalized spacial score (nSPS) is 12.2. The molecule has 6 heteroatoms. The van der Waals surface area contributed by atoms with E-state index < -0.39 is 6.10 Å². The number of halogens is 2. The van der Waals surface area contributed by atoms with Crippen molar-refractivity contribution in [2.75, 3.05) is 7.11 Å². The molecule has 24 heavy (non-hydrogen) atoms. The molecule has 0 bridgehead atoms. The Bertz CT molecular complexity index is 833. The van der Waals surface area contributed by atoms with E-state index in [0.717, 1.165) is 15.6 Å². The first-order valence-corrected chi connectivity index (χ1v) is 8.17. The zero-order valence-electron chi connectivity index (χ0n) is 13.0. The summed E-state index contributed by atoms with van der Waals surface area (Å²) in [7, 11) is 1.59. The fraction of sp³-hybridized carbons (Fsp3) is 0.167. The summed E-state index contributed by atoms with van der Waals surface area (Å²) < 4.78 is 20.7. The highest BCUT2D eigenvalue weighted by Crippen LogP contribution is 2.28. The Labute approximate surface area is 147 Å². The van der Waals surface area contributed by atoms with Crippen LogP contribution in [0.1, 0.15) is 11.7 Å². The molecule has 124 valence electrons. The minimum atomic E-state index is -0.715. The molecule has 4 nitrogen and oxygen atoms in total. The predicted molar refractivity (Wildman–Crippen MR) is 93.3 cm³/mol. The van der Waals surface area contributed by atoms with Crippen LogP contribution in [0.15, 0.2) is 59.2 Å². The highest BCUT2D eigenvalue weighted by atomic mass is 79.9. The predicted octanol–water partition coefficient (Wildman–Crippen LogP) is 4.19. The summed E-state index contributed by atoms with van der Waals surface area (Å²) in [6.45, 7) is 0.299. The average Bonchev–Trinajstić information content (AvgIpc) is 2.96. The summed E-state index contributed by atoms with van der Waals surface area (Å²) in [6, 6.07) is 13.4. The number of ether oxygens (including phenoxy) is 1. The molecule has 0 amide bonds. The number of benzene rings is 2. The van der Waals surface area contributed by atoms with Crippen LogP contribution < -0.4 is 4.74 Å². The van der Waals surface area contributed by atoms with Crippen molar-refractivity contribution in [3.05, 3.63) is 70.6 Å². The second-order valence-corrected chi connectivity index (χ2v) is 6.20. The molecule has 3 rings (SSSR count). The number of aliphatic hydroxyl groups excluding tert-OH is 1. The maximum absolute atomic E-state index is 13.0. The van der Waals surface area contributed by atoms with Gasteiger partial charge in [0, 0.05) is 11.8 Å². The van der Waals surface area contributed by atoms with Crippen molar-refractivity contribution in [2.45, 2.75) is 12.6 Å². The Hall–Kier alpha value is -2.18. The maximum Gasteiger partial charge on any atom is 0.123 e. The molecular weight excluding hydrogens is 375 g/mol. The fourth-order valence-corrected chi connectivity index (χ4v) is 2.97. The Morgan fingerprint density at radius 3 is 2.71 bits per heavy atom. The lowest BCUT2D eigenvalue weighted by Crippen LogP contribution is -2.09. The van der Waals surface area contributed by atoms with Crippen LogP contribution in [0.2, 0.25) is 0 Å². The van der Waals surface area contributed by atoms with Crippen molar-refractivity contribution >= 4 is 15.9 Å². The molecular formula is C18H16BrFN2O2. The minimum absolute atomic E-state index is 0.289. The summed E-state index contributed by atoms with van der Waals surface area (Å²) in [5.74, 6) is 0.406. The van der Waals surface area contributed by atoms with Crippen molar-refractivity contribution in [1.29, 1.82) is 0 Å². The van der Waals surface area contributed by atoms with Gasteiger partial charge in [-0.15, -0.1) is 0 Å². The zero-order valence-corrected chi connectivity index (χ0v) is 14.6. The molecule has 0 saturated heterocycles.